The molecule has 4 rings (SSSR count). The van der Waals surface area contributed by atoms with Crippen molar-refractivity contribution in [2.75, 3.05) is 19.7 Å². The van der Waals surface area contributed by atoms with Gasteiger partial charge in [-0.15, -0.1) is 13.2 Å². The summed E-state index contributed by atoms with van der Waals surface area (Å²) in [4.78, 5) is 58.1. The normalized spacial score (nSPS) is 28.6. The third-order valence-electron chi connectivity index (χ3n) is 9.25. The maximum atomic E-state index is 14.7. The molecule has 3 heterocycles. The summed E-state index contributed by atoms with van der Waals surface area (Å²) >= 11 is 3.69. The van der Waals surface area contributed by atoms with E-state index >= 15 is 0 Å². The summed E-state index contributed by atoms with van der Waals surface area (Å²) in [7, 11) is 0. The van der Waals surface area contributed by atoms with Crippen LogP contribution in [0, 0.1) is 11.8 Å². The highest BCUT2D eigenvalue weighted by atomic mass is 79.9. The van der Waals surface area contributed by atoms with Gasteiger partial charge in [-0.25, -0.2) is 0 Å². The van der Waals surface area contributed by atoms with Gasteiger partial charge in [0.25, 0.3) is 0 Å². The lowest BCUT2D eigenvalue weighted by atomic mass is 9.70. The molecule has 3 fully saturated rings. The predicted molar refractivity (Wildman–Crippen MR) is 173 cm³/mol. The molecule has 3 saturated heterocycles. The number of benzene rings is 1. The van der Waals surface area contributed by atoms with Gasteiger partial charge >= 0.3 is 5.97 Å². The van der Waals surface area contributed by atoms with Crippen molar-refractivity contribution in [2.45, 2.75) is 93.6 Å². The van der Waals surface area contributed by atoms with Crippen molar-refractivity contribution in [2.24, 2.45) is 11.8 Å². The Morgan fingerprint density at radius 1 is 1.24 bits per heavy atom. The van der Waals surface area contributed by atoms with Crippen molar-refractivity contribution in [1.82, 2.24) is 15.1 Å². The lowest BCUT2D eigenvalue weighted by Crippen LogP contribution is -2.58. The van der Waals surface area contributed by atoms with Crippen LogP contribution in [-0.4, -0.2) is 93.0 Å². The highest BCUT2D eigenvalue weighted by Crippen LogP contribution is 2.61. The number of esters is 1. The third-order valence-corrected chi connectivity index (χ3v) is 10.1. The van der Waals surface area contributed by atoms with Gasteiger partial charge in [0.2, 0.25) is 17.7 Å². The zero-order valence-electron chi connectivity index (χ0n) is 26.4. The Bertz CT molecular complexity index is 1260. The zero-order valence-corrected chi connectivity index (χ0v) is 28.0. The third kappa shape index (κ3) is 6.76. The molecular weight excluding hydrogens is 642 g/mol. The highest BCUT2D eigenvalue weighted by Gasteiger charge is 2.77. The summed E-state index contributed by atoms with van der Waals surface area (Å²) in [5.41, 5.74) is -0.642. The molecule has 10 nitrogen and oxygen atoms in total. The van der Waals surface area contributed by atoms with Gasteiger partial charge in [0.15, 0.2) is 0 Å². The molecule has 1 aromatic rings. The maximum Gasteiger partial charge on any atom is 0.312 e. The van der Waals surface area contributed by atoms with Crippen molar-refractivity contribution in [3.63, 3.8) is 0 Å². The number of hydrogen-bond acceptors (Lipinski definition) is 7. The van der Waals surface area contributed by atoms with Crippen LogP contribution in [-0.2, 0) is 28.7 Å². The van der Waals surface area contributed by atoms with Crippen LogP contribution < -0.4 is 5.32 Å². The van der Waals surface area contributed by atoms with Crippen molar-refractivity contribution < 1.29 is 33.8 Å². The van der Waals surface area contributed by atoms with E-state index in [0.29, 0.717) is 18.4 Å². The Balaban J connectivity index is 1.71. The second-order valence-corrected chi connectivity index (χ2v) is 13.5. The minimum Gasteiger partial charge on any atom is -0.460 e. The molecule has 0 radical (unpaired) electrons. The first-order chi connectivity index (χ1) is 21.6. The molecule has 1 spiro atoms. The van der Waals surface area contributed by atoms with E-state index in [1.807, 2.05) is 44.2 Å². The van der Waals surface area contributed by atoms with Gasteiger partial charge in [-0.2, -0.15) is 0 Å². The van der Waals surface area contributed by atoms with Crippen LogP contribution in [0.5, 0.6) is 0 Å². The number of hydrogen-bond donors (Lipinski definition) is 2. The van der Waals surface area contributed by atoms with Gasteiger partial charge in [0, 0.05) is 23.8 Å². The molecule has 3 aliphatic rings. The fourth-order valence-corrected chi connectivity index (χ4v) is 8.18. The summed E-state index contributed by atoms with van der Waals surface area (Å²) < 4.78 is 12.4. The van der Waals surface area contributed by atoms with Gasteiger partial charge in [-0.3, -0.25) is 19.2 Å². The molecule has 246 valence electrons. The zero-order chi connectivity index (χ0) is 32.9. The average molecular weight is 689 g/mol. The molecule has 1 aromatic carbocycles. The number of nitrogens with zero attached hydrogens (tertiary/aromatic N) is 2. The largest absolute Gasteiger partial charge is 0.460 e. The molecule has 3 amide bonds. The second kappa shape index (κ2) is 15.0. The van der Waals surface area contributed by atoms with Gasteiger partial charge < -0.3 is 29.7 Å². The number of halogens is 1. The summed E-state index contributed by atoms with van der Waals surface area (Å²) in [6.45, 7) is 13.1. The number of rotatable bonds is 16. The van der Waals surface area contributed by atoms with E-state index in [4.69, 9.17) is 9.47 Å². The number of fused-ring (bicyclic) bond motifs is 1. The van der Waals surface area contributed by atoms with Crippen LogP contribution >= 0.6 is 15.9 Å². The standard InChI is InChI=1S/C34H46BrN3O7/c1-6-9-16-26(40)36-19-22(5)44-33(43)27-28-31(41)38(25(20-39)23-14-11-10-12-15-23)30(34(28)18-24(35)29(27)45-34)32(42)37(17-8-3)21(4)13-7-2/h6,8,10-12,14-15,21-22,24-25,27-30,39H,1,3,7,9,13,16-20H2,2,4-5H3,(H,36,40)/t21?,22-,24?,25-,27+,28-,29+,30+,34-/m1/s1. The number of alkyl halides is 1. The van der Waals surface area contributed by atoms with Crippen LogP contribution in [0.15, 0.2) is 55.6 Å². The van der Waals surface area contributed by atoms with Crippen LogP contribution in [0.25, 0.3) is 0 Å². The first-order valence-electron chi connectivity index (χ1n) is 15.8. The number of amides is 3. The van der Waals surface area contributed by atoms with Crippen molar-refractivity contribution in [3.8, 4) is 0 Å². The Morgan fingerprint density at radius 2 is 1.96 bits per heavy atom. The number of nitrogens with one attached hydrogen (secondary N) is 1. The molecule has 11 heteroatoms. The Labute approximate surface area is 274 Å². The first kappa shape index (κ1) is 34.8. The summed E-state index contributed by atoms with van der Waals surface area (Å²) in [5, 5.41) is 13.5. The molecule has 0 aliphatic carbocycles. The van der Waals surface area contributed by atoms with Gasteiger partial charge in [-0.05, 0) is 38.7 Å². The average Bonchev–Trinajstić information content (AvgIpc) is 3.62. The van der Waals surface area contributed by atoms with Crippen LogP contribution in [0.3, 0.4) is 0 Å². The number of likely N-dealkylation sites (tertiary alicyclic amines) is 1. The van der Waals surface area contributed by atoms with Crippen molar-refractivity contribution >= 4 is 39.6 Å². The van der Waals surface area contributed by atoms with E-state index in [2.05, 4.69) is 34.4 Å². The fraction of sp³-hybridized carbons (Fsp3) is 0.588. The van der Waals surface area contributed by atoms with Gasteiger partial charge in [-0.1, -0.05) is 71.8 Å². The van der Waals surface area contributed by atoms with E-state index in [1.54, 1.807) is 24.0 Å². The molecule has 45 heavy (non-hydrogen) atoms. The Hall–Kier alpha value is -3.02. The van der Waals surface area contributed by atoms with Crippen LogP contribution in [0.4, 0.5) is 0 Å². The molecule has 9 atom stereocenters. The first-order valence-corrected chi connectivity index (χ1v) is 16.8. The number of ether oxygens (including phenoxy) is 2. The van der Waals surface area contributed by atoms with Crippen molar-refractivity contribution in [1.29, 1.82) is 0 Å². The molecule has 3 aliphatic heterocycles. The fourth-order valence-electron chi connectivity index (χ4n) is 7.24. The van der Waals surface area contributed by atoms with E-state index in [1.165, 1.54) is 4.90 Å². The van der Waals surface area contributed by atoms with Crippen molar-refractivity contribution in [3.05, 3.63) is 61.2 Å². The highest BCUT2D eigenvalue weighted by molar-refractivity contribution is 9.09. The molecule has 2 unspecified atom stereocenters. The minimum absolute atomic E-state index is 0.112. The number of aliphatic hydroxyl groups is 1. The minimum atomic E-state index is -1.31. The number of carbonyl (C=O) groups is 4. The topological polar surface area (TPSA) is 125 Å². The SMILES string of the molecule is C=CCCC(=O)NC[C@@H](C)OC(=O)[C@@H]1[C@H]2O[C@@]3(CC2Br)[C@H](C(=O)N(CC=C)C(C)CCC)N([C@H](CO)c2ccccc2)C(=O)[C@@H]13. The molecular formula is C34H46BrN3O7. The number of aliphatic hydroxyl groups excluding tert-OH is 1. The number of allylic oxidation sites excluding steroid dienone is 1. The molecule has 2 bridgehead atoms. The van der Waals surface area contributed by atoms with E-state index in [-0.39, 0.29) is 42.2 Å². The number of carbonyl (C=O) groups excluding carboxylic acids is 4. The van der Waals surface area contributed by atoms with E-state index in [9.17, 15) is 24.3 Å². The van der Waals surface area contributed by atoms with Gasteiger partial charge in [0.05, 0.1) is 37.1 Å². The maximum absolute atomic E-state index is 14.7. The molecule has 0 saturated carbocycles. The Morgan fingerprint density at radius 3 is 2.58 bits per heavy atom. The lowest BCUT2D eigenvalue weighted by molar-refractivity contribution is -0.160. The smallest absolute Gasteiger partial charge is 0.312 e. The summed E-state index contributed by atoms with van der Waals surface area (Å²) in [6.07, 6.45) is 4.73. The van der Waals surface area contributed by atoms with E-state index in [0.717, 1.165) is 12.8 Å². The van der Waals surface area contributed by atoms with E-state index < -0.39 is 60.2 Å². The summed E-state index contributed by atoms with van der Waals surface area (Å²) in [5.74, 6) is -3.49. The molecule has 0 aromatic heterocycles. The predicted octanol–water partition coefficient (Wildman–Crippen LogP) is 3.69. The van der Waals surface area contributed by atoms with Gasteiger partial charge in [0.1, 0.15) is 17.7 Å². The molecule has 2 N–H and O–H groups in total. The lowest BCUT2D eigenvalue weighted by Gasteiger charge is -2.41. The summed E-state index contributed by atoms with van der Waals surface area (Å²) in [6, 6.07) is 7.03. The van der Waals surface area contributed by atoms with Crippen LogP contribution in [0.2, 0.25) is 0 Å². The monoisotopic (exact) mass is 687 g/mol. The second-order valence-electron chi connectivity index (χ2n) is 12.3. The Kier molecular flexibility index (Phi) is 11.7. The quantitative estimate of drug-likeness (QED) is 0.154. The van der Waals surface area contributed by atoms with Crippen LogP contribution in [0.1, 0.15) is 64.5 Å².